The number of hydrogen-bond donors (Lipinski definition) is 0. The Morgan fingerprint density at radius 2 is 2.29 bits per heavy atom. The zero-order valence-electron chi connectivity index (χ0n) is 8.52. The first kappa shape index (κ1) is 10.6. The van der Waals surface area contributed by atoms with E-state index in [0.717, 1.165) is 0 Å². The van der Waals surface area contributed by atoms with Crippen LogP contribution in [-0.4, -0.2) is 27.8 Å². The first-order valence-corrected chi connectivity index (χ1v) is 4.51. The van der Waals surface area contributed by atoms with E-state index in [1.807, 2.05) is 13.8 Å². The van der Waals surface area contributed by atoms with Gasteiger partial charge < -0.3 is 4.74 Å². The molecule has 0 aliphatic heterocycles. The van der Waals surface area contributed by atoms with Crippen LogP contribution in [0.25, 0.3) is 0 Å². The monoisotopic (exact) mass is 195 g/mol. The molecule has 0 amide bonds. The van der Waals surface area contributed by atoms with Gasteiger partial charge in [-0.15, -0.1) is 10.2 Å². The highest BCUT2D eigenvalue weighted by Gasteiger charge is 2.17. The first-order valence-electron chi connectivity index (χ1n) is 4.51. The molecule has 14 heavy (non-hydrogen) atoms. The molecule has 0 bridgehead atoms. The minimum Gasteiger partial charge on any atom is -0.461 e. The van der Waals surface area contributed by atoms with Crippen LogP contribution in [0.15, 0.2) is 6.33 Å². The van der Waals surface area contributed by atoms with Gasteiger partial charge in [0.05, 0.1) is 12.3 Å². The number of carbonyl (C=O) groups is 1. The number of hydrogen-bond acceptors (Lipinski definition) is 5. The van der Waals surface area contributed by atoms with Crippen molar-refractivity contribution in [1.29, 1.82) is 0 Å². The highest BCUT2D eigenvalue weighted by Crippen LogP contribution is 2.14. The molecule has 0 saturated carbocycles. The lowest BCUT2D eigenvalue weighted by atomic mass is 10.1. The van der Waals surface area contributed by atoms with E-state index in [4.69, 9.17) is 4.74 Å². The fraction of sp³-hybridized carbons (Fsp3) is 0.556. The van der Waals surface area contributed by atoms with Crippen molar-refractivity contribution in [3.05, 3.63) is 17.7 Å². The lowest BCUT2D eigenvalue weighted by molar-refractivity contribution is 0.0515. The van der Waals surface area contributed by atoms with Gasteiger partial charge >= 0.3 is 5.97 Å². The normalized spacial score (nSPS) is 10.3. The van der Waals surface area contributed by atoms with Gasteiger partial charge in [0.1, 0.15) is 6.33 Å². The van der Waals surface area contributed by atoms with Gasteiger partial charge in [0.25, 0.3) is 0 Å². The SMILES string of the molecule is CCOC(=O)c1nncnc1C(C)C. The minimum absolute atomic E-state index is 0.130. The van der Waals surface area contributed by atoms with E-state index in [0.29, 0.717) is 12.3 Å². The molecular weight excluding hydrogens is 182 g/mol. The summed E-state index contributed by atoms with van der Waals surface area (Å²) in [6.45, 7) is 5.95. The number of carbonyl (C=O) groups excluding carboxylic acids is 1. The van der Waals surface area contributed by atoms with E-state index in [2.05, 4.69) is 15.2 Å². The Bertz CT molecular complexity index is 326. The molecule has 0 aliphatic rings. The van der Waals surface area contributed by atoms with E-state index >= 15 is 0 Å². The Balaban J connectivity index is 3.00. The molecule has 1 aromatic rings. The standard InChI is InChI=1S/C9H13N3O2/c1-4-14-9(13)8-7(6(2)3)10-5-11-12-8/h5-6H,4H2,1-3H3. The van der Waals surface area contributed by atoms with Crippen LogP contribution in [0.1, 0.15) is 42.9 Å². The summed E-state index contributed by atoms with van der Waals surface area (Å²) in [6.07, 6.45) is 1.33. The second-order valence-electron chi connectivity index (χ2n) is 3.07. The Hall–Kier alpha value is -1.52. The highest BCUT2D eigenvalue weighted by atomic mass is 16.5. The third-order valence-electron chi connectivity index (χ3n) is 1.66. The number of esters is 1. The molecule has 1 heterocycles. The molecular formula is C9H13N3O2. The predicted molar refractivity (Wildman–Crippen MR) is 49.9 cm³/mol. The molecule has 0 aliphatic carbocycles. The molecule has 0 spiro atoms. The maximum Gasteiger partial charge on any atom is 0.360 e. The highest BCUT2D eigenvalue weighted by molar-refractivity contribution is 5.88. The van der Waals surface area contributed by atoms with Gasteiger partial charge in [-0.2, -0.15) is 0 Å². The van der Waals surface area contributed by atoms with Gasteiger partial charge in [-0.3, -0.25) is 0 Å². The van der Waals surface area contributed by atoms with Crippen molar-refractivity contribution in [3.63, 3.8) is 0 Å². The molecule has 5 heteroatoms. The predicted octanol–water partition coefficient (Wildman–Crippen LogP) is 1.17. The fourth-order valence-electron chi connectivity index (χ4n) is 1.05. The third-order valence-corrected chi connectivity index (χ3v) is 1.66. The molecule has 0 saturated heterocycles. The zero-order valence-corrected chi connectivity index (χ0v) is 8.52. The van der Waals surface area contributed by atoms with Crippen molar-refractivity contribution >= 4 is 5.97 Å². The summed E-state index contributed by atoms with van der Waals surface area (Å²) < 4.78 is 4.84. The number of ether oxygens (including phenoxy) is 1. The second kappa shape index (κ2) is 4.64. The Morgan fingerprint density at radius 3 is 2.86 bits per heavy atom. The molecule has 1 aromatic heterocycles. The quantitative estimate of drug-likeness (QED) is 0.677. The van der Waals surface area contributed by atoms with Crippen LogP contribution in [0.2, 0.25) is 0 Å². The average Bonchev–Trinajstić information content (AvgIpc) is 2.18. The molecule has 76 valence electrons. The largest absolute Gasteiger partial charge is 0.461 e. The van der Waals surface area contributed by atoms with Crippen LogP contribution in [0.5, 0.6) is 0 Å². The summed E-state index contributed by atoms with van der Waals surface area (Å²) in [5.74, 6) is -0.332. The van der Waals surface area contributed by atoms with E-state index in [-0.39, 0.29) is 11.6 Å². The Kier molecular flexibility index (Phi) is 3.50. The van der Waals surface area contributed by atoms with Crippen LogP contribution in [0.4, 0.5) is 0 Å². The number of aromatic nitrogens is 3. The summed E-state index contributed by atoms with van der Waals surface area (Å²) in [6, 6.07) is 0. The average molecular weight is 195 g/mol. The van der Waals surface area contributed by atoms with Crippen molar-refractivity contribution < 1.29 is 9.53 Å². The molecule has 1 rings (SSSR count). The summed E-state index contributed by atoms with van der Waals surface area (Å²) in [4.78, 5) is 15.4. The summed E-state index contributed by atoms with van der Waals surface area (Å²) in [5, 5.41) is 7.30. The van der Waals surface area contributed by atoms with E-state index in [1.54, 1.807) is 6.92 Å². The van der Waals surface area contributed by atoms with Gasteiger partial charge in [-0.25, -0.2) is 9.78 Å². The topological polar surface area (TPSA) is 65.0 Å². The lowest BCUT2D eigenvalue weighted by Gasteiger charge is -2.07. The lowest BCUT2D eigenvalue weighted by Crippen LogP contribution is -2.13. The van der Waals surface area contributed by atoms with Gasteiger partial charge in [-0.05, 0) is 12.8 Å². The van der Waals surface area contributed by atoms with E-state index in [9.17, 15) is 4.79 Å². The summed E-state index contributed by atoms with van der Waals surface area (Å²) in [5.41, 5.74) is 0.836. The second-order valence-corrected chi connectivity index (χ2v) is 3.07. The third kappa shape index (κ3) is 2.25. The minimum atomic E-state index is -0.461. The molecule has 0 aromatic carbocycles. The van der Waals surface area contributed by atoms with Crippen LogP contribution in [0.3, 0.4) is 0 Å². The van der Waals surface area contributed by atoms with Gasteiger partial charge in [0.15, 0.2) is 5.69 Å². The molecule has 0 atom stereocenters. The van der Waals surface area contributed by atoms with Crippen molar-refractivity contribution in [2.24, 2.45) is 0 Å². The molecule has 0 fully saturated rings. The van der Waals surface area contributed by atoms with Crippen molar-refractivity contribution in [1.82, 2.24) is 15.2 Å². The maximum absolute atomic E-state index is 11.4. The molecule has 0 unspecified atom stereocenters. The van der Waals surface area contributed by atoms with Crippen LogP contribution < -0.4 is 0 Å². The van der Waals surface area contributed by atoms with E-state index in [1.165, 1.54) is 6.33 Å². The molecule has 5 nitrogen and oxygen atoms in total. The number of rotatable bonds is 3. The van der Waals surface area contributed by atoms with Crippen molar-refractivity contribution in [2.75, 3.05) is 6.61 Å². The summed E-state index contributed by atoms with van der Waals surface area (Å²) in [7, 11) is 0. The Labute approximate surface area is 82.5 Å². The first-order chi connectivity index (χ1) is 6.66. The van der Waals surface area contributed by atoms with Crippen LogP contribution in [-0.2, 0) is 4.74 Å². The number of nitrogens with zero attached hydrogens (tertiary/aromatic N) is 3. The summed E-state index contributed by atoms with van der Waals surface area (Å²) >= 11 is 0. The molecule has 0 N–H and O–H groups in total. The van der Waals surface area contributed by atoms with Crippen LogP contribution in [0, 0.1) is 0 Å². The van der Waals surface area contributed by atoms with Gasteiger partial charge in [-0.1, -0.05) is 13.8 Å². The Morgan fingerprint density at radius 1 is 1.57 bits per heavy atom. The zero-order chi connectivity index (χ0) is 10.6. The molecule has 0 radical (unpaired) electrons. The van der Waals surface area contributed by atoms with Crippen molar-refractivity contribution in [2.45, 2.75) is 26.7 Å². The van der Waals surface area contributed by atoms with Crippen LogP contribution >= 0.6 is 0 Å². The van der Waals surface area contributed by atoms with Crippen molar-refractivity contribution in [3.8, 4) is 0 Å². The maximum atomic E-state index is 11.4. The van der Waals surface area contributed by atoms with Gasteiger partial charge in [0.2, 0.25) is 0 Å². The fourth-order valence-corrected chi connectivity index (χ4v) is 1.05. The van der Waals surface area contributed by atoms with E-state index < -0.39 is 5.97 Å². The van der Waals surface area contributed by atoms with Gasteiger partial charge in [0, 0.05) is 0 Å². The smallest absolute Gasteiger partial charge is 0.360 e.